The summed E-state index contributed by atoms with van der Waals surface area (Å²) in [5, 5.41) is 1.43. The smallest absolute Gasteiger partial charge is 0.166 e. The van der Waals surface area contributed by atoms with Crippen LogP contribution in [-0.4, -0.2) is 34.2 Å². The van der Waals surface area contributed by atoms with E-state index in [0.717, 1.165) is 18.2 Å². The number of ether oxygens (including phenoxy) is 4. The molecule has 0 radical (unpaired) electrons. The summed E-state index contributed by atoms with van der Waals surface area (Å²) in [7, 11) is 6.37. The monoisotopic (exact) mass is 416 g/mol. The number of hydrogen-bond donors (Lipinski definition) is 0. The zero-order chi connectivity index (χ0) is 21.9. The summed E-state index contributed by atoms with van der Waals surface area (Å²) >= 11 is 0. The molecule has 2 rings (SSSR count). The molecular weight excluding hydrogens is 380 g/mol. The van der Waals surface area contributed by atoms with Crippen molar-refractivity contribution in [3.63, 3.8) is 0 Å². The molecule has 0 aliphatic carbocycles. The van der Waals surface area contributed by atoms with Gasteiger partial charge in [-0.15, -0.1) is 0 Å². The number of hydrogen-bond acceptors (Lipinski definition) is 5. The van der Waals surface area contributed by atoms with Crippen molar-refractivity contribution in [2.45, 2.75) is 64.7 Å². The molecule has 0 atom stereocenters. The summed E-state index contributed by atoms with van der Waals surface area (Å²) in [5.41, 5.74) is 0.524. The van der Waals surface area contributed by atoms with Gasteiger partial charge < -0.3 is 18.9 Å². The van der Waals surface area contributed by atoms with Crippen LogP contribution in [0.1, 0.15) is 75.1 Å². The first-order valence-corrected chi connectivity index (χ1v) is 11.0. The SMILES string of the molecule is CCCCCCCCCCC(=O)c1cc(OC)c2c(OC)ccc(OC)c2c1OC. The molecule has 0 fully saturated rings. The molecule has 0 saturated carbocycles. The first-order chi connectivity index (χ1) is 14.6. The minimum absolute atomic E-state index is 0.0582. The van der Waals surface area contributed by atoms with Crippen LogP contribution in [0.4, 0.5) is 0 Å². The number of benzene rings is 2. The van der Waals surface area contributed by atoms with Crippen LogP contribution in [0.2, 0.25) is 0 Å². The van der Waals surface area contributed by atoms with Gasteiger partial charge in [-0.25, -0.2) is 0 Å². The minimum atomic E-state index is 0.0582. The molecule has 5 heteroatoms. The van der Waals surface area contributed by atoms with Crippen LogP contribution in [0.25, 0.3) is 10.8 Å². The number of ketones is 1. The van der Waals surface area contributed by atoms with Crippen molar-refractivity contribution in [2.24, 2.45) is 0 Å². The van der Waals surface area contributed by atoms with Gasteiger partial charge in [-0.1, -0.05) is 51.9 Å². The third-order valence-electron chi connectivity index (χ3n) is 5.54. The van der Waals surface area contributed by atoms with Gasteiger partial charge in [0.25, 0.3) is 0 Å². The van der Waals surface area contributed by atoms with Crippen molar-refractivity contribution in [3.8, 4) is 23.0 Å². The fraction of sp³-hybridized carbons (Fsp3) is 0.560. The Labute approximate surface area is 180 Å². The summed E-state index contributed by atoms with van der Waals surface area (Å²) in [6.45, 7) is 2.23. The van der Waals surface area contributed by atoms with Crippen LogP contribution in [0.15, 0.2) is 18.2 Å². The van der Waals surface area contributed by atoms with Crippen LogP contribution in [0.5, 0.6) is 23.0 Å². The van der Waals surface area contributed by atoms with E-state index in [4.69, 9.17) is 18.9 Å². The van der Waals surface area contributed by atoms with Gasteiger partial charge in [0.2, 0.25) is 0 Å². The lowest BCUT2D eigenvalue weighted by atomic mass is 9.97. The largest absolute Gasteiger partial charge is 0.496 e. The zero-order valence-corrected chi connectivity index (χ0v) is 19.1. The predicted octanol–water partition coefficient (Wildman–Crippen LogP) is 6.59. The zero-order valence-electron chi connectivity index (χ0n) is 19.1. The minimum Gasteiger partial charge on any atom is -0.496 e. The highest BCUT2D eigenvalue weighted by Gasteiger charge is 2.23. The molecule has 0 amide bonds. The summed E-state index contributed by atoms with van der Waals surface area (Å²) in [4.78, 5) is 13.1. The molecule has 0 aliphatic heterocycles. The molecule has 0 N–H and O–H groups in total. The number of unbranched alkanes of at least 4 members (excludes halogenated alkanes) is 7. The topological polar surface area (TPSA) is 54.0 Å². The molecule has 0 aliphatic rings. The van der Waals surface area contributed by atoms with E-state index >= 15 is 0 Å². The Morgan fingerprint density at radius 2 is 1.23 bits per heavy atom. The lowest BCUT2D eigenvalue weighted by Gasteiger charge is -2.18. The van der Waals surface area contributed by atoms with Gasteiger partial charge in [-0.05, 0) is 24.6 Å². The number of Topliss-reactive ketones (excluding diaryl/α,β-unsaturated/α-hetero) is 1. The number of rotatable bonds is 14. The van der Waals surface area contributed by atoms with E-state index in [9.17, 15) is 4.79 Å². The average Bonchev–Trinajstić information content (AvgIpc) is 2.78. The van der Waals surface area contributed by atoms with E-state index in [1.165, 1.54) is 38.5 Å². The number of carbonyl (C=O) groups excluding carboxylic acids is 1. The second-order valence-corrected chi connectivity index (χ2v) is 7.53. The Morgan fingerprint density at radius 3 is 1.77 bits per heavy atom. The summed E-state index contributed by atoms with van der Waals surface area (Å²) in [5.74, 6) is 2.39. The summed E-state index contributed by atoms with van der Waals surface area (Å²) < 4.78 is 22.4. The van der Waals surface area contributed by atoms with Crippen molar-refractivity contribution >= 4 is 16.6 Å². The highest BCUT2D eigenvalue weighted by Crippen LogP contribution is 2.46. The molecule has 0 heterocycles. The van der Waals surface area contributed by atoms with Crippen molar-refractivity contribution in [1.29, 1.82) is 0 Å². The molecule has 5 nitrogen and oxygen atoms in total. The van der Waals surface area contributed by atoms with Gasteiger partial charge in [0.1, 0.15) is 23.0 Å². The Balaban J connectivity index is 2.23. The molecule has 0 aromatic heterocycles. The van der Waals surface area contributed by atoms with Crippen LogP contribution < -0.4 is 18.9 Å². The molecule has 30 heavy (non-hydrogen) atoms. The number of fused-ring (bicyclic) bond motifs is 1. The highest BCUT2D eigenvalue weighted by atomic mass is 16.5. The third-order valence-corrected chi connectivity index (χ3v) is 5.54. The maximum atomic E-state index is 13.1. The van der Waals surface area contributed by atoms with Gasteiger partial charge >= 0.3 is 0 Å². The van der Waals surface area contributed by atoms with Crippen LogP contribution >= 0.6 is 0 Å². The van der Waals surface area contributed by atoms with Gasteiger partial charge in [0.05, 0.1) is 44.8 Å². The van der Waals surface area contributed by atoms with Gasteiger partial charge in [-0.2, -0.15) is 0 Å². The Hall–Kier alpha value is -2.43. The molecular formula is C25H36O5. The molecule has 2 aromatic rings. The first-order valence-electron chi connectivity index (χ1n) is 11.0. The summed E-state index contributed by atoms with van der Waals surface area (Å²) in [6, 6.07) is 5.40. The van der Waals surface area contributed by atoms with Crippen molar-refractivity contribution in [1.82, 2.24) is 0 Å². The lowest BCUT2D eigenvalue weighted by Crippen LogP contribution is -2.05. The van der Waals surface area contributed by atoms with Gasteiger partial charge in [0, 0.05) is 6.42 Å². The average molecular weight is 417 g/mol. The fourth-order valence-corrected chi connectivity index (χ4v) is 3.91. The van der Waals surface area contributed by atoms with Gasteiger partial charge in [0.15, 0.2) is 5.78 Å². The quantitative estimate of drug-likeness (QED) is 0.257. The van der Waals surface area contributed by atoms with E-state index in [-0.39, 0.29) is 5.78 Å². The standard InChI is InChI=1S/C25H36O5/c1-6-7-8-9-10-11-12-13-14-19(26)18-17-22(29-4)23-20(27-2)15-16-21(28-3)24(23)25(18)30-5/h15-17H,6-14H2,1-5H3. The van der Waals surface area contributed by atoms with E-state index in [0.29, 0.717) is 40.4 Å². The van der Waals surface area contributed by atoms with Crippen LogP contribution in [-0.2, 0) is 0 Å². The van der Waals surface area contributed by atoms with Crippen LogP contribution in [0.3, 0.4) is 0 Å². The van der Waals surface area contributed by atoms with E-state index in [1.54, 1.807) is 34.5 Å². The lowest BCUT2D eigenvalue weighted by molar-refractivity contribution is 0.0976. The predicted molar refractivity (Wildman–Crippen MR) is 122 cm³/mol. The van der Waals surface area contributed by atoms with E-state index in [1.807, 2.05) is 12.1 Å². The van der Waals surface area contributed by atoms with Gasteiger partial charge in [-0.3, -0.25) is 4.79 Å². The highest BCUT2D eigenvalue weighted by molar-refractivity contribution is 6.10. The van der Waals surface area contributed by atoms with Crippen molar-refractivity contribution < 1.29 is 23.7 Å². The number of carbonyl (C=O) groups is 1. The van der Waals surface area contributed by atoms with E-state index < -0.39 is 0 Å². The summed E-state index contributed by atoms with van der Waals surface area (Å²) in [6.07, 6.45) is 10.1. The molecule has 0 bridgehead atoms. The Kier molecular flexibility index (Phi) is 9.78. The maximum absolute atomic E-state index is 13.1. The maximum Gasteiger partial charge on any atom is 0.166 e. The van der Waals surface area contributed by atoms with E-state index in [2.05, 4.69) is 6.92 Å². The second kappa shape index (κ2) is 12.3. The molecule has 166 valence electrons. The molecule has 0 saturated heterocycles. The molecule has 0 unspecified atom stereocenters. The molecule has 0 spiro atoms. The second-order valence-electron chi connectivity index (χ2n) is 7.53. The number of methoxy groups -OCH3 is 4. The van der Waals surface area contributed by atoms with Crippen molar-refractivity contribution in [3.05, 3.63) is 23.8 Å². The Bertz CT molecular complexity index is 828. The van der Waals surface area contributed by atoms with Crippen LogP contribution in [0, 0.1) is 0 Å². The van der Waals surface area contributed by atoms with Crippen molar-refractivity contribution in [2.75, 3.05) is 28.4 Å². The first kappa shape index (κ1) is 23.8. The molecule has 2 aromatic carbocycles. The fourth-order valence-electron chi connectivity index (χ4n) is 3.91. The normalized spacial score (nSPS) is 10.8. The third kappa shape index (κ3) is 5.59. The Morgan fingerprint density at radius 1 is 0.700 bits per heavy atom.